The van der Waals surface area contributed by atoms with Crippen molar-refractivity contribution >= 4 is 5.96 Å². The zero-order chi connectivity index (χ0) is 15.8. The first-order chi connectivity index (χ1) is 10.7. The van der Waals surface area contributed by atoms with Crippen LogP contribution in [0.15, 0.2) is 39.9 Å². The second kappa shape index (κ2) is 8.22. The average molecular weight is 300 g/mol. The fourth-order valence-electron chi connectivity index (χ4n) is 2.02. The van der Waals surface area contributed by atoms with Crippen LogP contribution in [0, 0.1) is 6.92 Å². The summed E-state index contributed by atoms with van der Waals surface area (Å²) in [7, 11) is 1.77. The van der Waals surface area contributed by atoms with Gasteiger partial charge in [-0.25, -0.2) is 4.98 Å². The molecule has 1 aromatic carbocycles. The van der Waals surface area contributed by atoms with Crippen molar-refractivity contribution in [3.63, 3.8) is 0 Å². The maximum atomic E-state index is 5.55. The van der Waals surface area contributed by atoms with Gasteiger partial charge in [0, 0.05) is 32.1 Å². The second-order valence-electron chi connectivity index (χ2n) is 5.19. The third kappa shape index (κ3) is 4.62. The van der Waals surface area contributed by atoms with Crippen molar-refractivity contribution in [3.05, 3.63) is 41.8 Å². The second-order valence-corrected chi connectivity index (χ2v) is 5.19. The molecule has 0 radical (unpaired) electrons. The summed E-state index contributed by atoms with van der Waals surface area (Å²) in [4.78, 5) is 8.70. The third-order valence-electron chi connectivity index (χ3n) is 3.29. The Morgan fingerprint density at radius 1 is 1.18 bits per heavy atom. The van der Waals surface area contributed by atoms with Crippen LogP contribution in [0.2, 0.25) is 0 Å². The van der Waals surface area contributed by atoms with Crippen LogP contribution in [-0.4, -0.2) is 31.1 Å². The molecule has 0 saturated carbocycles. The van der Waals surface area contributed by atoms with E-state index in [0.717, 1.165) is 43.1 Å². The Morgan fingerprint density at radius 3 is 2.59 bits per heavy atom. The molecule has 1 aromatic heterocycles. The summed E-state index contributed by atoms with van der Waals surface area (Å²) in [5.74, 6) is 1.49. The van der Waals surface area contributed by atoms with Gasteiger partial charge in [-0.05, 0) is 25.5 Å². The molecule has 118 valence electrons. The van der Waals surface area contributed by atoms with Crippen molar-refractivity contribution in [1.29, 1.82) is 0 Å². The van der Waals surface area contributed by atoms with Crippen LogP contribution in [0.4, 0.5) is 0 Å². The summed E-state index contributed by atoms with van der Waals surface area (Å²) in [6.07, 6.45) is 3.59. The Morgan fingerprint density at radius 2 is 1.91 bits per heavy atom. The van der Waals surface area contributed by atoms with E-state index in [4.69, 9.17) is 4.42 Å². The molecule has 1 heterocycles. The van der Waals surface area contributed by atoms with E-state index in [1.165, 1.54) is 5.56 Å². The highest BCUT2D eigenvalue weighted by Gasteiger charge is 2.06. The molecule has 5 heteroatoms. The van der Waals surface area contributed by atoms with Crippen LogP contribution in [0.1, 0.15) is 24.6 Å². The van der Waals surface area contributed by atoms with E-state index in [2.05, 4.69) is 46.6 Å². The maximum absolute atomic E-state index is 5.55. The number of oxazole rings is 1. The zero-order valence-electron chi connectivity index (χ0n) is 13.5. The first-order valence-corrected chi connectivity index (χ1v) is 7.69. The lowest BCUT2D eigenvalue weighted by atomic mass is 10.1. The largest absolute Gasteiger partial charge is 0.444 e. The van der Waals surface area contributed by atoms with Gasteiger partial charge < -0.3 is 15.1 Å². The van der Waals surface area contributed by atoms with Gasteiger partial charge in [0.2, 0.25) is 5.89 Å². The number of nitrogens with zero attached hydrogens (tertiary/aromatic N) is 2. The highest BCUT2D eigenvalue weighted by Crippen LogP contribution is 2.19. The molecule has 0 atom stereocenters. The maximum Gasteiger partial charge on any atom is 0.226 e. The summed E-state index contributed by atoms with van der Waals surface area (Å²) in [5.41, 5.74) is 3.17. The molecule has 2 N–H and O–H groups in total. The Balaban J connectivity index is 1.86. The van der Waals surface area contributed by atoms with Gasteiger partial charge in [0.25, 0.3) is 0 Å². The summed E-state index contributed by atoms with van der Waals surface area (Å²) in [6, 6.07) is 8.17. The van der Waals surface area contributed by atoms with Crippen molar-refractivity contribution < 1.29 is 4.42 Å². The summed E-state index contributed by atoms with van der Waals surface area (Å²) in [5, 5.41) is 6.50. The first-order valence-electron chi connectivity index (χ1n) is 7.69. The number of guanidine groups is 1. The third-order valence-corrected chi connectivity index (χ3v) is 3.29. The van der Waals surface area contributed by atoms with Gasteiger partial charge in [0.15, 0.2) is 5.96 Å². The Labute approximate surface area is 131 Å². The minimum atomic E-state index is 0.670. The highest BCUT2D eigenvalue weighted by molar-refractivity contribution is 5.79. The normalized spacial score (nSPS) is 11.5. The van der Waals surface area contributed by atoms with Gasteiger partial charge in [-0.3, -0.25) is 4.99 Å². The summed E-state index contributed by atoms with van der Waals surface area (Å²) >= 11 is 0. The molecule has 0 aliphatic carbocycles. The Bertz CT molecular complexity index is 601. The number of hydrogen-bond acceptors (Lipinski definition) is 3. The quantitative estimate of drug-likeness (QED) is 0.636. The molecular formula is C17H24N4O. The number of aryl methyl sites for hydroxylation is 1. The number of aromatic nitrogens is 1. The fraction of sp³-hybridized carbons (Fsp3) is 0.412. The molecule has 0 saturated heterocycles. The van der Waals surface area contributed by atoms with Crippen LogP contribution in [0.5, 0.6) is 0 Å². The average Bonchev–Trinajstić information content (AvgIpc) is 3.00. The molecule has 0 aliphatic heterocycles. The van der Waals surface area contributed by atoms with Crippen molar-refractivity contribution in [2.45, 2.75) is 26.7 Å². The lowest BCUT2D eigenvalue weighted by Gasteiger charge is -2.09. The van der Waals surface area contributed by atoms with E-state index in [1.807, 2.05) is 12.1 Å². The lowest BCUT2D eigenvalue weighted by Crippen LogP contribution is -2.38. The van der Waals surface area contributed by atoms with Gasteiger partial charge >= 0.3 is 0 Å². The van der Waals surface area contributed by atoms with Crippen molar-refractivity contribution in [3.8, 4) is 11.5 Å². The van der Waals surface area contributed by atoms with Crippen LogP contribution in [0.3, 0.4) is 0 Å². The number of nitrogens with one attached hydrogen (secondary N) is 2. The highest BCUT2D eigenvalue weighted by atomic mass is 16.3. The molecule has 0 aliphatic rings. The van der Waals surface area contributed by atoms with Crippen LogP contribution in [-0.2, 0) is 6.42 Å². The lowest BCUT2D eigenvalue weighted by molar-refractivity contribution is 0.572. The Hall–Kier alpha value is -2.30. The van der Waals surface area contributed by atoms with E-state index < -0.39 is 0 Å². The van der Waals surface area contributed by atoms with E-state index >= 15 is 0 Å². The van der Waals surface area contributed by atoms with E-state index in [-0.39, 0.29) is 0 Å². The topological polar surface area (TPSA) is 62.5 Å². The predicted molar refractivity (Wildman–Crippen MR) is 90.0 cm³/mol. The molecule has 5 nitrogen and oxygen atoms in total. The van der Waals surface area contributed by atoms with Crippen LogP contribution in [0.25, 0.3) is 11.5 Å². The van der Waals surface area contributed by atoms with E-state index in [9.17, 15) is 0 Å². The molecule has 0 amide bonds. The molecule has 0 bridgehead atoms. The number of aliphatic imine (C=N–C) groups is 1. The smallest absolute Gasteiger partial charge is 0.226 e. The van der Waals surface area contributed by atoms with Crippen molar-refractivity contribution in [2.75, 3.05) is 20.1 Å². The SMILES string of the molecule is CCCNC(=NC)NCCc1coc(-c2ccc(C)cc2)n1. The van der Waals surface area contributed by atoms with Gasteiger partial charge in [0.05, 0.1) is 5.69 Å². The standard InChI is InChI=1S/C17H24N4O/c1-4-10-19-17(18-3)20-11-9-15-12-22-16(21-15)14-7-5-13(2)6-8-14/h5-8,12H,4,9-11H2,1-3H3,(H2,18,19,20). The molecule has 0 spiro atoms. The number of rotatable bonds is 6. The van der Waals surface area contributed by atoms with Gasteiger partial charge in [-0.1, -0.05) is 24.6 Å². The molecule has 2 aromatic rings. The molecule has 0 fully saturated rings. The van der Waals surface area contributed by atoms with E-state index in [1.54, 1.807) is 13.3 Å². The van der Waals surface area contributed by atoms with Crippen LogP contribution < -0.4 is 10.6 Å². The van der Waals surface area contributed by atoms with E-state index in [0.29, 0.717) is 5.89 Å². The first kappa shape index (κ1) is 16.1. The fourth-order valence-corrected chi connectivity index (χ4v) is 2.02. The van der Waals surface area contributed by atoms with Crippen molar-refractivity contribution in [1.82, 2.24) is 15.6 Å². The Kier molecular flexibility index (Phi) is 6.01. The van der Waals surface area contributed by atoms with Gasteiger partial charge in [-0.15, -0.1) is 0 Å². The number of benzene rings is 1. The zero-order valence-corrected chi connectivity index (χ0v) is 13.5. The minimum Gasteiger partial charge on any atom is -0.444 e. The molecule has 0 unspecified atom stereocenters. The minimum absolute atomic E-state index is 0.670. The monoisotopic (exact) mass is 300 g/mol. The number of hydrogen-bond donors (Lipinski definition) is 2. The predicted octanol–water partition coefficient (Wildman–Crippen LogP) is 2.77. The van der Waals surface area contributed by atoms with Gasteiger partial charge in [0.1, 0.15) is 6.26 Å². The molecule has 2 rings (SSSR count). The van der Waals surface area contributed by atoms with Crippen LogP contribution >= 0.6 is 0 Å². The van der Waals surface area contributed by atoms with Crippen molar-refractivity contribution in [2.24, 2.45) is 4.99 Å². The summed E-state index contributed by atoms with van der Waals surface area (Å²) < 4.78 is 5.55. The van der Waals surface area contributed by atoms with Gasteiger partial charge in [-0.2, -0.15) is 0 Å². The molecular weight excluding hydrogens is 276 g/mol. The molecule has 22 heavy (non-hydrogen) atoms. The summed E-state index contributed by atoms with van der Waals surface area (Å²) in [6.45, 7) is 5.88.